The first-order chi connectivity index (χ1) is 6.13. The summed E-state index contributed by atoms with van der Waals surface area (Å²) in [5, 5.41) is 16.4. The van der Waals surface area contributed by atoms with Crippen LogP contribution in [0, 0.1) is 0 Å². The van der Waals surface area contributed by atoms with Gasteiger partial charge in [0.15, 0.2) is 0 Å². The molecular weight excluding hydrogens is 180 g/mol. The Morgan fingerprint density at radius 1 is 1.46 bits per heavy atom. The fraction of sp³-hybridized carbons (Fsp3) is 0.714. The molecule has 1 unspecified atom stereocenters. The van der Waals surface area contributed by atoms with Crippen LogP contribution in [0.5, 0.6) is 0 Å². The lowest BCUT2D eigenvalue weighted by Crippen LogP contribution is -2.33. The first-order valence-electron chi connectivity index (χ1n) is 3.83. The number of carbonyl (C=O) groups is 2. The van der Waals surface area contributed by atoms with Crippen molar-refractivity contribution < 1.29 is 29.6 Å². The molecule has 6 heteroatoms. The molecule has 76 valence electrons. The van der Waals surface area contributed by atoms with Gasteiger partial charge in [0, 0.05) is 0 Å². The number of hydrogen-bond donors (Lipinski definition) is 2. The number of esters is 1. The second-order valence-corrected chi connectivity index (χ2v) is 2.34. The van der Waals surface area contributed by atoms with E-state index in [1.165, 1.54) is 0 Å². The zero-order chi connectivity index (χ0) is 10.3. The van der Waals surface area contributed by atoms with Crippen molar-refractivity contribution in [3.8, 4) is 0 Å². The third-order valence-electron chi connectivity index (χ3n) is 1.29. The molecule has 0 fully saturated rings. The van der Waals surface area contributed by atoms with Crippen molar-refractivity contribution in [1.29, 1.82) is 0 Å². The summed E-state index contributed by atoms with van der Waals surface area (Å²) in [7, 11) is 0. The van der Waals surface area contributed by atoms with Gasteiger partial charge in [-0.15, -0.1) is 0 Å². The Morgan fingerprint density at radius 3 is 2.46 bits per heavy atom. The van der Waals surface area contributed by atoms with Gasteiger partial charge in [-0.2, -0.15) is 0 Å². The summed E-state index contributed by atoms with van der Waals surface area (Å²) in [6.07, 6.45) is -0.481. The maximum Gasteiger partial charge on any atom is 0.350 e. The maximum absolute atomic E-state index is 10.8. The Morgan fingerprint density at radius 2 is 2.08 bits per heavy atom. The molecule has 0 aromatic heterocycles. The van der Waals surface area contributed by atoms with Crippen LogP contribution in [-0.4, -0.2) is 35.0 Å². The predicted molar refractivity (Wildman–Crippen MR) is 41.0 cm³/mol. The number of ether oxygens (including phenoxy) is 1. The average Bonchev–Trinajstić information content (AvgIpc) is 2.05. The topological polar surface area (TPSA) is 93.1 Å². The molecular formula is C7H12O6. The summed E-state index contributed by atoms with van der Waals surface area (Å²) in [5.41, 5.74) is 0. The summed E-state index contributed by atoms with van der Waals surface area (Å²) >= 11 is 0. The molecule has 0 aliphatic heterocycles. The normalized spacial score (nSPS) is 12.2. The van der Waals surface area contributed by atoms with Gasteiger partial charge in [-0.05, 0) is 6.42 Å². The summed E-state index contributed by atoms with van der Waals surface area (Å²) in [6, 6.07) is 0. The highest BCUT2D eigenvalue weighted by Gasteiger charge is 2.29. The summed E-state index contributed by atoms with van der Waals surface area (Å²) in [6.45, 7) is 2.02. The summed E-state index contributed by atoms with van der Waals surface area (Å²) in [4.78, 5) is 24.5. The molecule has 6 nitrogen and oxygen atoms in total. The van der Waals surface area contributed by atoms with E-state index in [1.54, 1.807) is 0 Å². The zero-order valence-corrected chi connectivity index (χ0v) is 7.23. The van der Waals surface area contributed by atoms with Gasteiger partial charge < -0.3 is 9.84 Å². The fourth-order valence-electron chi connectivity index (χ4n) is 0.582. The number of hydrogen-bond acceptors (Lipinski definition) is 5. The van der Waals surface area contributed by atoms with E-state index in [0.717, 1.165) is 6.42 Å². The van der Waals surface area contributed by atoms with Crippen molar-refractivity contribution >= 4 is 11.9 Å². The molecule has 13 heavy (non-hydrogen) atoms. The standard InChI is InChI=1S/C7H12O6/c1-2-3-4-12-7(10)5(13-11)6(8)9/h5,11H,2-4H2,1H3,(H,8,9). The largest absolute Gasteiger partial charge is 0.479 e. The number of rotatable bonds is 6. The summed E-state index contributed by atoms with van der Waals surface area (Å²) < 4.78 is 4.49. The van der Waals surface area contributed by atoms with Gasteiger partial charge in [0.1, 0.15) is 0 Å². The van der Waals surface area contributed by atoms with Crippen molar-refractivity contribution in [2.24, 2.45) is 0 Å². The molecule has 0 rings (SSSR count). The molecule has 0 aromatic carbocycles. The number of carboxylic acid groups (broad SMARTS) is 1. The smallest absolute Gasteiger partial charge is 0.350 e. The molecule has 2 N–H and O–H groups in total. The van der Waals surface area contributed by atoms with Crippen molar-refractivity contribution in [3.63, 3.8) is 0 Å². The van der Waals surface area contributed by atoms with Crippen molar-refractivity contribution in [2.45, 2.75) is 25.9 Å². The molecule has 0 saturated heterocycles. The van der Waals surface area contributed by atoms with Gasteiger partial charge >= 0.3 is 11.9 Å². The van der Waals surface area contributed by atoms with Crippen molar-refractivity contribution in [2.75, 3.05) is 6.61 Å². The molecule has 0 aliphatic carbocycles. The van der Waals surface area contributed by atoms with Gasteiger partial charge in [-0.1, -0.05) is 13.3 Å². The Hall–Kier alpha value is -1.14. The van der Waals surface area contributed by atoms with Gasteiger partial charge in [0.2, 0.25) is 0 Å². The average molecular weight is 192 g/mol. The highest BCUT2D eigenvalue weighted by molar-refractivity contribution is 5.96. The number of carbonyl (C=O) groups excluding carboxylic acids is 1. The highest BCUT2D eigenvalue weighted by atomic mass is 17.1. The molecule has 0 aromatic rings. The number of carboxylic acids is 1. The second kappa shape index (κ2) is 6.38. The first-order valence-corrected chi connectivity index (χ1v) is 3.83. The van der Waals surface area contributed by atoms with Gasteiger partial charge in [0.25, 0.3) is 6.10 Å². The second-order valence-electron chi connectivity index (χ2n) is 2.34. The monoisotopic (exact) mass is 192 g/mol. The molecule has 0 spiro atoms. The van der Waals surface area contributed by atoms with E-state index in [1.807, 2.05) is 6.92 Å². The zero-order valence-electron chi connectivity index (χ0n) is 7.23. The van der Waals surface area contributed by atoms with Crippen LogP contribution >= 0.6 is 0 Å². The van der Waals surface area contributed by atoms with Gasteiger partial charge in [-0.3, -0.25) is 5.26 Å². The van der Waals surface area contributed by atoms with Crippen LogP contribution in [0.1, 0.15) is 19.8 Å². The van der Waals surface area contributed by atoms with E-state index in [4.69, 9.17) is 10.4 Å². The molecule has 0 aliphatic rings. The Balaban J connectivity index is 3.85. The minimum Gasteiger partial charge on any atom is -0.479 e. The molecule has 0 bridgehead atoms. The molecule has 0 amide bonds. The maximum atomic E-state index is 10.8. The minimum absolute atomic E-state index is 0.127. The quantitative estimate of drug-likeness (QED) is 0.206. The first kappa shape index (κ1) is 11.9. The fourth-order valence-corrected chi connectivity index (χ4v) is 0.582. The highest BCUT2D eigenvalue weighted by Crippen LogP contribution is 1.96. The van der Waals surface area contributed by atoms with E-state index in [0.29, 0.717) is 6.42 Å². The van der Waals surface area contributed by atoms with Crippen LogP contribution in [-0.2, 0) is 19.2 Å². The van der Waals surface area contributed by atoms with Crippen molar-refractivity contribution in [1.82, 2.24) is 0 Å². The predicted octanol–water partition coefficient (Wildman–Crippen LogP) is 0.272. The van der Waals surface area contributed by atoms with Crippen LogP contribution in [0.4, 0.5) is 0 Å². The SMILES string of the molecule is CCCCOC(=O)C(OO)C(=O)O. The van der Waals surface area contributed by atoms with Crippen LogP contribution in [0.15, 0.2) is 0 Å². The van der Waals surface area contributed by atoms with Crippen LogP contribution in [0.2, 0.25) is 0 Å². The van der Waals surface area contributed by atoms with Crippen LogP contribution in [0.25, 0.3) is 0 Å². The van der Waals surface area contributed by atoms with E-state index in [2.05, 4.69) is 9.62 Å². The van der Waals surface area contributed by atoms with E-state index < -0.39 is 18.0 Å². The number of aliphatic carboxylic acids is 1. The van der Waals surface area contributed by atoms with Gasteiger partial charge in [0.05, 0.1) is 6.61 Å². The third-order valence-corrected chi connectivity index (χ3v) is 1.29. The molecule has 1 atom stereocenters. The Labute approximate surface area is 75.0 Å². The molecule has 0 saturated carbocycles. The minimum atomic E-state index is -1.95. The van der Waals surface area contributed by atoms with Crippen LogP contribution < -0.4 is 0 Å². The lowest BCUT2D eigenvalue weighted by atomic mass is 10.3. The van der Waals surface area contributed by atoms with Gasteiger partial charge in [-0.25, -0.2) is 14.5 Å². The summed E-state index contributed by atoms with van der Waals surface area (Å²) in [5.74, 6) is -2.67. The molecule has 0 radical (unpaired) electrons. The number of unbranched alkanes of at least 4 members (excludes halogenated alkanes) is 1. The van der Waals surface area contributed by atoms with E-state index >= 15 is 0 Å². The van der Waals surface area contributed by atoms with Crippen LogP contribution in [0.3, 0.4) is 0 Å². The lowest BCUT2D eigenvalue weighted by molar-refractivity contribution is -0.275. The Kier molecular flexibility index (Phi) is 5.82. The van der Waals surface area contributed by atoms with E-state index in [-0.39, 0.29) is 6.61 Å². The van der Waals surface area contributed by atoms with Crippen molar-refractivity contribution in [3.05, 3.63) is 0 Å². The Bertz CT molecular complexity index is 178. The third kappa shape index (κ3) is 4.44. The van der Waals surface area contributed by atoms with E-state index in [9.17, 15) is 9.59 Å². The molecule has 0 heterocycles. The lowest BCUT2D eigenvalue weighted by Gasteiger charge is -2.07.